The third kappa shape index (κ3) is 4.04. The number of rotatable bonds is 6. The van der Waals surface area contributed by atoms with Crippen molar-refractivity contribution in [1.29, 1.82) is 0 Å². The van der Waals surface area contributed by atoms with Crippen LogP contribution in [0, 0.1) is 0 Å². The Bertz CT molecular complexity index is 414. The van der Waals surface area contributed by atoms with E-state index in [2.05, 4.69) is 10.6 Å². The Balaban J connectivity index is 1.89. The SMILES string of the molecule is CCOCc1ccccc1CNC(=O)[C@H]1CCCN1. The summed E-state index contributed by atoms with van der Waals surface area (Å²) in [5.74, 6) is 0.101. The molecule has 104 valence electrons. The highest BCUT2D eigenvalue weighted by molar-refractivity contribution is 5.82. The smallest absolute Gasteiger partial charge is 0.237 e. The average Bonchev–Trinajstić information content (AvgIpc) is 2.97. The van der Waals surface area contributed by atoms with Gasteiger partial charge < -0.3 is 15.4 Å². The highest BCUT2D eigenvalue weighted by atomic mass is 16.5. The number of amides is 1. The molecule has 4 nitrogen and oxygen atoms in total. The third-order valence-electron chi connectivity index (χ3n) is 3.41. The number of carbonyl (C=O) groups excluding carboxylic acids is 1. The zero-order chi connectivity index (χ0) is 13.5. The molecule has 4 heteroatoms. The van der Waals surface area contributed by atoms with Gasteiger partial charge >= 0.3 is 0 Å². The van der Waals surface area contributed by atoms with E-state index >= 15 is 0 Å². The zero-order valence-electron chi connectivity index (χ0n) is 11.4. The minimum absolute atomic E-state index is 0.0148. The van der Waals surface area contributed by atoms with Gasteiger partial charge in [0.25, 0.3) is 0 Å². The van der Waals surface area contributed by atoms with Crippen molar-refractivity contribution in [2.45, 2.75) is 39.0 Å². The standard InChI is InChI=1S/C15H22N2O2/c1-2-19-11-13-7-4-3-6-12(13)10-17-15(18)14-8-5-9-16-14/h3-4,6-7,14,16H,2,5,8-11H2,1H3,(H,17,18)/t14-/m1/s1. The summed E-state index contributed by atoms with van der Waals surface area (Å²) in [6.07, 6.45) is 2.02. The minimum atomic E-state index is -0.0148. The van der Waals surface area contributed by atoms with Crippen LogP contribution in [0.25, 0.3) is 0 Å². The van der Waals surface area contributed by atoms with Crippen LogP contribution in [-0.4, -0.2) is 25.1 Å². The van der Waals surface area contributed by atoms with Crippen LogP contribution in [0.1, 0.15) is 30.9 Å². The molecule has 19 heavy (non-hydrogen) atoms. The molecule has 0 saturated carbocycles. The van der Waals surface area contributed by atoms with E-state index in [9.17, 15) is 4.79 Å². The number of benzene rings is 1. The molecule has 2 rings (SSSR count). The second-order valence-corrected chi connectivity index (χ2v) is 4.77. The molecule has 1 saturated heterocycles. The Morgan fingerprint density at radius 3 is 2.89 bits per heavy atom. The van der Waals surface area contributed by atoms with Crippen molar-refractivity contribution in [1.82, 2.24) is 10.6 Å². The van der Waals surface area contributed by atoms with Gasteiger partial charge in [0.1, 0.15) is 0 Å². The monoisotopic (exact) mass is 262 g/mol. The Kier molecular flexibility index (Phi) is 5.36. The molecule has 1 aliphatic heterocycles. The van der Waals surface area contributed by atoms with Crippen molar-refractivity contribution in [3.8, 4) is 0 Å². The summed E-state index contributed by atoms with van der Waals surface area (Å²) in [7, 11) is 0. The summed E-state index contributed by atoms with van der Waals surface area (Å²) >= 11 is 0. The number of carbonyl (C=O) groups is 1. The van der Waals surface area contributed by atoms with E-state index in [-0.39, 0.29) is 11.9 Å². The van der Waals surface area contributed by atoms with Gasteiger partial charge in [-0.25, -0.2) is 0 Å². The normalized spacial score (nSPS) is 18.5. The van der Waals surface area contributed by atoms with Gasteiger partial charge in [0.2, 0.25) is 5.91 Å². The molecule has 1 atom stereocenters. The minimum Gasteiger partial charge on any atom is -0.377 e. The maximum absolute atomic E-state index is 11.9. The molecule has 0 aromatic heterocycles. The topological polar surface area (TPSA) is 50.4 Å². The van der Waals surface area contributed by atoms with E-state index in [1.807, 2.05) is 31.2 Å². The molecular formula is C15H22N2O2. The lowest BCUT2D eigenvalue weighted by Gasteiger charge is -2.13. The van der Waals surface area contributed by atoms with Crippen LogP contribution in [0.4, 0.5) is 0 Å². The maximum atomic E-state index is 11.9. The first-order valence-electron chi connectivity index (χ1n) is 6.97. The van der Waals surface area contributed by atoms with Crippen molar-refractivity contribution < 1.29 is 9.53 Å². The number of nitrogens with one attached hydrogen (secondary N) is 2. The lowest BCUT2D eigenvalue weighted by atomic mass is 10.1. The molecule has 2 N–H and O–H groups in total. The highest BCUT2D eigenvalue weighted by Gasteiger charge is 2.21. The summed E-state index contributed by atoms with van der Waals surface area (Å²) in [6, 6.07) is 8.06. The first-order chi connectivity index (χ1) is 9.31. The van der Waals surface area contributed by atoms with Gasteiger partial charge in [0, 0.05) is 13.2 Å². The third-order valence-corrected chi connectivity index (χ3v) is 3.41. The average molecular weight is 262 g/mol. The molecule has 1 aromatic carbocycles. The first-order valence-corrected chi connectivity index (χ1v) is 6.97. The van der Waals surface area contributed by atoms with Gasteiger partial charge in [-0.1, -0.05) is 24.3 Å². The molecule has 0 radical (unpaired) electrons. The summed E-state index contributed by atoms with van der Waals surface area (Å²) in [5.41, 5.74) is 2.27. The lowest BCUT2D eigenvalue weighted by Crippen LogP contribution is -2.40. The van der Waals surface area contributed by atoms with E-state index in [4.69, 9.17) is 4.74 Å². The van der Waals surface area contributed by atoms with Gasteiger partial charge in [-0.3, -0.25) is 4.79 Å². The molecular weight excluding hydrogens is 240 g/mol. The van der Waals surface area contributed by atoms with E-state index in [0.717, 1.165) is 30.5 Å². The summed E-state index contributed by atoms with van der Waals surface area (Å²) in [4.78, 5) is 11.9. The van der Waals surface area contributed by atoms with Crippen molar-refractivity contribution >= 4 is 5.91 Å². The molecule has 0 aliphatic carbocycles. The number of hydrogen-bond donors (Lipinski definition) is 2. The molecule has 1 aliphatic rings. The van der Waals surface area contributed by atoms with E-state index < -0.39 is 0 Å². The van der Waals surface area contributed by atoms with Gasteiger partial charge in [0.15, 0.2) is 0 Å². The van der Waals surface area contributed by atoms with E-state index in [1.165, 1.54) is 0 Å². The fourth-order valence-electron chi connectivity index (χ4n) is 2.30. The lowest BCUT2D eigenvalue weighted by molar-refractivity contribution is -0.122. The largest absolute Gasteiger partial charge is 0.377 e. The van der Waals surface area contributed by atoms with Crippen LogP contribution < -0.4 is 10.6 Å². The second kappa shape index (κ2) is 7.26. The summed E-state index contributed by atoms with van der Waals surface area (Å²) < 4.78 is 5.44. The fourth-order valence-corrected chi connectivity index (χ4v) is 2.30. The Hall–Kier alpha value is -1.39. The molecule has 1 heterocycles. The molecule has 1 aromatic rings. The van der Waals surface area contributed by atoms with Crippen molar-refractivity contribution in [2.24, 2.45) is 0 Å². The zero-order valence-corrected chi connectivity index (χ0v) is 11.4. The number of ether oxygens (including phenoxy) is 1. The van der Waals surface area contributed by atoms with Gasteiger partial charge in [-0.2, -0.15) is 0 Å². The van der Waals surface area contributed by atoms with E-state index in [0.29, 0.717) is 19.8 Å². The van der Waals surface area contributed by atoms with Crippen molar-refractivity contribution in [3.63, 3.8) is 0 Å². The van der Waals surface area contributed by atoms with Crippen LogP contribution in [-0.2, 0) is 22.7 Å². The summed E-state index contributed by atoms with van der Waals surface area (Å²) in [6.45, 7) is 4.80. The predicted octanol–water partition coefficient (Wildman–Crippen LogP) is 1.59. The van der Waals surface area contributed by atoms with Crippen molar-refractivity contribution in [2.75, 3.05) is 13.2 Å². The van der Waals surface area contributed by atoms with Gasteiger partial charge in [-0.05, 0) is 37.4 Å². The molecule has 0 bridgehead atoms. The molecule has 1 amide bonds. The Morgan fingerprint density at radius 2 is 2.21 bits per heavy atom. The molecule has 0 unspecified atom stereocenters. The van der Waals surface area contributed by atoms with Crippen molar-refractivity contribution in [3.05, 3.63) is 35.4 Å². The highest BCUT2D eigenvalue weighted by Crippen LogP contribution is 2.11. The van der Waals surface area contributed by atoms with Crippen LogP contribution in [0.2, 0.25) is 0 Å². The quantitative estimate of drug-likeness (QED) is 0.818. The van der Waals surface area contributed by atoms with Gasteiger partial charge in [0.05, 0.1) is 12.6 Å². The predicted molar refractivity (Wildman–Crippen MR) is 74.6 cm³/mol. The fraction of sp³-hybridized carbons (Fsp3) is 0.533. The first kappa shape index (κ1) is 14.0. The maximum Gasteiger partial charge on any atom is 0.237 e. The summed E-state index contributed by atoms with van der Waals surface area (Å²) in [5, 5.41) is 6.21. The van der Waals surface area contributed by atoms with Crippen LogP contribution in [0.3, 0.4) is 0 Å². The van der Waals surface area contributed by atoms with Gasteiger partial charge in [-0.15, -0.1) is 0 Å². The van der Waals surface area contributed by atoms with Crippen LogP contribution in [0.15, 0.2) is 24.3 Å². The second-order valence-electron chi connectivity index (χ2n) is 4.77. The van der Waals surface area contributed by atoms with Crippen LogP contribution >= 0.6 is 0 Å². The Labute approximate surface area is 114 Å². The molecule has 1 fully saturated rings. The Morgan fingerprint density at radius 1 is 1.42 bits per heavy atom. The molecule has 0 spiro atoms. The van der Waals surface area contributed by atoms with E-state index in [1.54, 1.807) is 0 Å². The van der Waals surface area contributed by atoms with Crippen LogP contribution in [0.5, 0.6) is 0 Å². The number of hydrogen-bond acceptors (Lipinski definition) is 3.